The van der Waals surface area contributed by atoms with Gasteiger partial charge in [-0.1, -0.05) is 26.0 Å². The summed E-state index contributed by atoms with van der Waals surface area (Å²) in [6.07, 6.45) is 2.86. The molecular formula is C26H27F2NO2. The zero-order valence-corrected chi connectivity index (χ0v) is 17.9. The minimum absolute atomic E-state index is 0.0843. The van der Waals surface area contributed by atoms with Crippen molar-refractivity contribution in [3.8, 4) is 22.4 Å². The number of carbonyl (C=O) groups excluding carboxylic acids is 1. The molecule has 31 heavy (non-hydrogen) atoms. The Morgan fingerprint density at radius 1 is 1.00 bits per heavy atom. The van der Waals surface area contributed by atoms with E-state index in [1.165, 1.54) is 24.3 Å². The summed E-state index contributed by atoms with van der Waals surface area (Å²) < 4.78 is 35.0. The van der Waals surface area contributed by atoms with Gasteiger partial charge in [-0.05, 0) is 72.4 Å². The monoisotopic (exact) mass is 423 g/mol. The number of hydrogen-bond acceptors (Lipinski definition) is 2. The molecule has 1 fully saturated rings. The van der Waals surface area contributed by atoms with Crippen LogP contribution in [0.1, 0.15) is 51.1 Å². The van der Waals surface area contributed by atoms with Gasteiger partial charge in [0.15, 0.2) is 0 Å². The standard InChI is InChI=1S/C26H27F2NO2/c1-17(2)24-16-23(18-6-10-20(27)11-7-18)26(19-8-12-21(28)13-9-19)29(24)15-14-22-4-3-5-25(30)31-22/h6-13,16-17,22H,3-5,14-15H2,1-2H3/t22-/m0/s1. The van der Waals surface area contributed by atoms with E-state index in [1.54, 1.807) is 24.3 Å². The van der Waals surface area contributed by atoms with E-state index in [0.717, 1.165) is 47.3 Å². The van der Waals surface area contributed by atoms with E-state index in [9.17, 15) is 13.6 Å². The van der Waals surface area contributed by atoms with Crippen molar-refractivity contribution in [1.82, 2.24) is 4.57 Å². The molecule has 0 amide bonds. The first kappa shape index (κ1) is 21.3. The minimum atomic E-state index is -0.289. The maximum atomic E-state index is 13.6. The number of carbonyl (C=O) groups is 1. The zero-order chi connectivity index (χ0) is 22.0. The van der Waals surface area contributed by atoms with Crippen LogP contribution in [0.15, 0.2) is 54.6 Å². The van der Waals surface area contributed by atoms with Crippen molar-refractivity contribution >= 4 is 5.97 Å². The summed E-state index contributed by atoms with van der Waals surface area (Å²) in [6.45, 7) is 4.95. The summed E-state index contributed by atoms with van der Waals surface area (Å²) >= 11 is 0. The summed E-state index contributed by atoms with van der Waals surface area (Å²) in [7, 11) is 0. The third kappa shape index (κ3) is 4.71. The van der Waals surface area contributed by atoms with Gasteiger partial charge < -0.3 is 9.30 Å². The van der Waals surface area contributed by atoms with Crippen LogP contribution in [0, 0.1) is 11.6 Å². The summed E-state index contributed by atoms with van der Waals surface area (Å²) in [6, 6.07) is 15.1. The summed E-state index contributed by atoms with van der Waals surface area (Å²) in [4.78, 5) is 11.7. The van der Waals surface area contributed by atoms with Crippen molar-refractivity contribution in [3.05, 3.63) is 71.9 Å². The van der Waals surface area contributed by atoms with Crippen LogP contribution in [0.2, 0.25) is 0 Å². The van der Waals surface area contributed by atoms with Crippen molar-refractivity contribution in [2.24, 2.45) is 0 Å². The maximum absolute atomic E-state index is 13.6. The lowest BCUT2D eigenvalue weighted by atomic mass is 10.0. The fourth-order valence-electron chi connectivity index (χ4n) is 4.31. The third-order valence-corrected chi connectivity index (χ3v) is 5.87. The van der Waals surface area contributed by atoms with E-state index in [0.29, 0.717) is 13.0 Å². The van der Waals surface area contributed by atoms with Gasteiger partial charge in [0.2, 0.25) is 0 Å². The van der Waals surface area contributed by atoms with Gasteiger partial charge in [-0.2, -0.15) is 0 Å². The van der Waals surface area contributed by atoms with Gasteiger partial charge in [0.25, 0.3) is 0 Å². The molecule has 3 nitrogen and oxygen atoms in total. The highest BCUT2D eigenvalue weighted by Gasteiger charge is 2.24. The number of ether oxygens (including phenoxy) is 1. The van der Waals surface area contributed by atoms with Gasteiger partial charge in [-0.3, -0.25) is 4.79 Å². The molecular weight excluding hydrogens is 396 g/mol. The molecule has 0 aliphatic carbocycles. The first-order valence-electron chi connectivity index (χ1n) is 10.9. The van der Waals surface area contributed by atoms with Crippen molar-refractivity contribution < 1.29 is 18.3 Å². The fraction of sp³-hybridized carbons (Fsp3) is 0.346. The molecule has 0 radical (unpaired) electrons. The molecule has 4 rings (SSSR count). The predicted octanol–water partition coefficient (Wildman–Crippen LogP) is 6.71. The van der Waals surface area contributed by atoms with Gasteiger partial charge in [0, 0.05) is 30.6 Å². The Labute approximate surface area is 181 Å². The number of aromatic nitrogens is 1. The van der Waals surface area contributed by atoms with Crippen LogP contribution >= 0.6 is 0 Å². The van der Waals surface area contributed by atoms with Crippen LogP contribution in [-0.2, 0) is 16.1 Å². The molecule has 1 aliphatic rings. The Balaban J connectivity index is 1.79. The van der Waals surface area contributed by atoms with E-state index < -0.39 is 0 Å². The highest BCUT2D eigenvalue weighted by Crippen LogP contribution is 2.38. The average Bonchev–Trinajstić information content (AvgIpc) is 3.13. The number of cyclic esters (lactones) is 1. The van der Waals surface area contributed by atoms with Crippen LogP contribution < -0.4 is 0 Å². The van der Waals surface area contributed by atoms with Crippen LogP contribution in [0.4, 0.5) is 8.78 Å². The second-order valence-corrected chi connectivity index (χ2v) is 8.44. The Bertz CT molecular complexity index is 1050. The second kappa shape index (κ2) is 9.04. The Morgan fingerprint density at radius 3 is 2.19 bits per heavy atom. The highest BCUT2D eigenvalue weighted by atomic mass is 19.1. The van der Waals surface area contributed by atoms with E-state index in [1.807, 2.05) is 0 Å². The Morgan fingerprint density at radius 2 is 1.61 bits per heavy atom. The molecule has 0 unspecified atom stereocenters. The largest absolute Gasteiger partial charge is 0.462 e. The lowest BCUT2D eigenvalue weighted by molar-refractivity contribution is -0.154. The van der Waals surface area contributed by atoms with E-state index in [-0.39, 0.29) is 29.6 Å². The number of rotatable bonds is 6. The summed E-state index contributed by atoms with van der Waals surface area (Å²) in [5, 5.41) is 0. The zero-order valence-electron chi connectivity index (χ0n) is 17.9. The summed E-state index contributed by atoms with van der Waals surface area (Å²) in [5.41, 5.74) is 4.90. The van der Waals surface area contributed by atoms with E-state index in [2.05, 4.69) is 24.5 Å². The molecule has 0 saturated carbocycles. The smallest absolute Gasteiger partial charge is 0.306 e. The number of esters is 1. The minimum Gasteiger partial charge on any atom is -0.462 e. The second-order valence-electron chi connectivity index (χ2n) is 8.44. The molecule has 1 saturated heterocycles. The molecule has 0 spiro atoms. The molecule has 2 aromatic carbocycles. The Hall–Kier alpha value is -2.95. The number of nitrogens with zero attached hydrogens (tertiary/aromatic N) is 1. The van der Waals surface area contributed by atoms with Gasteiger partial charge in [-0.25, -0.2) is 8.78 Å². The normalized spacial score (nSPS) is 16.5. The van der Waals surface area contributed by atoms with E-state index in [4.69, 9.17) is 4.74 Å². The number of benzene rings is 2. The van der Waals surface area contributed by atoms with Crippen molar-refractivity contribution in [2.45, 2.75) is 58.1 Å². The first-order valence-corrected chi connectivity index (χ1v) is 10.9. The van der Waals surface area contributed by atoms with Crippen LogP contribution in [0.3, 0.4) is 0 Å². The quantitative estimate of drug-likeness (QED) is 0.413. The molecule has 5 heteroatoms. The van der Waals surface area contributed by atoms with Gasteiger partial charge in [0.05, 0.1) is 5.69 Å². The lowest BCUT2D eigenvalue weighted by Gasteiger charge is -2.24. The molecule has 1 aliphatic heterocycles. The van der Waals surface area contributed by atoms with E-state index >= 15 is 0 Å². The molecule has 162 valence electrons. The molecule has 3 aromatic rings. The molecule has 0 N–H and O–H groups in total. The maximum Gasteiger partial charge on any atom is 0.306 e. The third-order valence-electron chi connectivity index (χ3n) is 5.87. The molecule has 0 bridgehead atoms. The van der Waals surface area contributed by atoms with Gasteiger partial charge in [-0.15, -0.1) is 0 Å². The van der Waals surface area contributed by atoms with Crippen molar-refractivity contribution in [3.63, 3.8) is 0 Å². The van der Waals surface area contributed by atoms with Gasteiger partial charge >= 0.3 is 5.97 Å². The van der Waals surface area contributed by atoms with Crippen LogP contribution in [0.25, 0.3) is 22.4 Å². The highest BCUT2D eigenvalue weighted by molar-refractivity contribution is 5.83. The SMILES string of the molecule is CC(C)c1cc(-c2ccc(F)cc2)c(-c2ccc(F)cc2)n1CC[C@@H]1CCCC(=O)O1. The number of hydrogen-bond donors (Lipinski definition) is 0. The van der Waals surface area contributed by atoms with Crippen LogP contribution in [-0.4, -0.2) is 16.6 Å². The first-order chi connectivity index (χ1) is 14.9. The topological polar surface area (TPSA) is 31.2 Å². The molecule has 2 heterocycles. The molecule has 1 aromatic heterocycles. The van der Waals surface area contributed by atoms with Crippen molar-refractivity contribution in [2.75, 3.05) is 0 Å². The van der Waals surface area contributed by atoms with Gasteiger partial charge in [0.1, 0.15) is 17.7 Å². The Kier molecular flexibility index (Phi) is 6.21. The lowest BCUT2D eigenvalue weighted by Crippen LogP contribution is -2.25. The van der Waals surface area contributed by atoms with Crippen molar-refractivity contribution in [1.29, 1.82) is 0 Å². The number of halogens is 2. The van der Waals surface area contributed by atoms with Crippen LogP contribution in [0.5, 0.6) is 0 Å². The molecule has 1 atom stereocenters. The fourth-order valence-corrected chi connectivity index (χ4v) is 4.31. The average molecular weight is 424 g/mol. The summed E-state index contributed by atoms with van der Waals surface area (Å²) in [5.74, 6) is -0.445. The predicted molar refractivity (Wildman–Crippen MR) is 118 cm³/mol.